The number of anilines is 1. The molecule has 19 heavy (non-hydrogen) atoms. The first kappa shape index (κ1) is 13.1. The van der Waals surface area contributed by atoms with E-state index in [1.54, 1.807) is 25.5 Å². The van der Waals surface area contributed by atoms with Gasteiger partial charge in [-0.1, -0.05) is 0 Å². The number of nitrogens with one attached hydrogen (secondary N) is 2. The number of carbonyl (C=O) groups excluding carboxylic acids is 1. The Labute approximate surface area is 112 Å². The van der Waals surface area contributed by atoms with Crippen molar-refractivity contribution in [2.24, 2.45) is 0 Å². The molecular weight excluding hydrogens is 242 g/mol. The molecule has 0 saturated carbocycles. The minimum absolute atomic E-state index is 0.181. The van der Waals surface area contributed by atoms with E-state index in [0.29, 0.717) is 5.56 Å². The van der Waals surface area contributed by atoms with Crippen molar-refractivity contribution in [2.75, 3.05) is 12.4 Å². The second kappa shape index (κ2) is 5.56. The Morgan fingerprint density at radius 2 is 2.16 bits per heavy atom. The van der Waals surface area contributed by atoms with Gasteiger partial charge in [0.05, 0.1) is 11.6 Å². The maximum Gasteiger partial charge on any atom is 0.255 e. The molecule has 2 heterocycles. The molecule has 2 aromatic heterocycles. The maximum absolute atomic E-state index is 12.2. The number of nitrogens with zero attached hydrogens (tertiary/aromatic N) is 1. The van der Waals surface area contributed by atoms with Gasteiger partial charge in [-0.3, -0.25) is 9.78 Å². The van der Waals surface area contributed by atoms with Crippen molar-refractivity contribution in [3.05, 3.63) is 47.7 Å². The Morgan fingerprint density at radius 1 is 1.37 bits per heavy atom. The molecule has 1 atom stereocenters. The third kappa shape index (κ3) is 2.93. The van der Waals surface area contributed by atoms with Gasteiger partial charge in [-0.25, -0.2) is 0 Å². The highest BCUT2D eigenvalue weighted by atomic mass is 16.3. The Kier molecular flexibility index (Phi) is 3.85. The molecule has 0 saturated heterocycles. The summed E-state index contributed by atoms with van der Waals surface area (Å²) in [5, 5.41) is 5.86. The average molecular weight is 259 g/mol. The van der Waals surface area contributed by atoms with Gasteiger partial charge in [0.15, 0.2) is 0 Å². The molecule has 2 rings (SSSR count). The summed E-state index contributed by atoms with van der Waals surface area (Å²) in [6, 6.07) is 5.31. The molecule has 0 spiro atoms. The van der Waals surface area contributed by atoms with Gasteiger partial charge < -0.3 is 15.1 Å². The van der Waals surface area contributed by atoms with Gasteiger partial charge in [-0.2, -0.15) is 0 Å². The first-order valence-corrected chi connectivity index (χ1v) is 6.10. The highest BCUT2D eigenvalue weighted by Crippen LogP contribution is 2.18. The number of aryl methyl sites for hydroxylation is 1. The Balaban J connectivity index is 2.12. The molecule has 0 aliphatic heterocycles. The number of carbonyl (C=O) groups is 1. The standard InChI is InChI=1S/C14H17N3O2/c1-9-4-5-13(19-9)10(2)17-14(18)11-8-16-7-6-12(11)15-3/h4-8,10H,1-3H3,(H,15,16)(H,17,18). The fourth-order valence-electron chi connectivity index (χ4n) is 1.83. The number of amides is 1. The number of aromatic nitrogens is 1. The third-order valence-electron chi connectivity index (χ3n) is 2.87. The number of hydrogen-bond acceptors (Lipinski definition) is 4. The van der Waals surface area contributed by atoms with Crippen molar-refractivity contribution in [1.82, 2.24) is 10.3 Å². The van der Waals surface area contributed by atoms with Crippen LogP contribution >= 0.6 is 0 Å². The topological polar surface area (TPSA) is 67.2 Å². The van der Waals surface area contributed by atoms with E-state index in [0.717, 1.165) is 17.2 Å². The lowest BCUT2D eigenvalue weighted by Crippen LogP contribution is -2.27. The van der Waals surface area contributed by atoms with Crippen LogP contribution in [-0.2, 0) is 0 Å². The number of furan rings is 1. The highest BCUT2D eigenvalue weighted by molar-refractivity contribution is 5.99. The lowest BCUT2D eigenvalue weighted by molar-refractivity contribution is 0.0935. The molecule has 0 radical (unpaired) electrons. The zero-order valence-electron chi connectivity index (χ0n) is 11.2. The molecule has 2 N–H and O–H groups in total. The van der Waals surface area contributed by atoms with Crippen molar-refractivity contribution >= 4 is 11.6 Å². The fourth-order valence-corrected chi connectivity index (χ4v) is 1.83. The van der Waals surface area contributed by atoms with Crippen LogP contribution in [0.1, 0.15) is 34.8 Å². The van der Waals surface area contributed by atoms with Crippen LogP contribution in [0.3, 0.4) is 0 Å². The predicted molar refractivity (Wildman–Crippen MR) is 73.1 cm³/mol. The first-order chi connectivity index (χ1) is 9.11. The van der Waals surface area contributed by atoms with Crippen molar-refractivity contribution in [3.8, 4) is 0 Å². The molecule has 1 unspecified atom stereocenters. The molecule has 1 amide bonds. The quantitative estimate of drug-likeness (QED) is 0.885. The zero-order chi connectivity index (χ0) is 13.8. The molecule has 5 nitrogen and oxygen atoms in total. The molecule has 0 aliphatic rings. The van der Waals surface area contributed by atoms with Crippen LogP contribution in [0.2, 0.25) is 0 Å². The normalized spacial score (nSPS) is 11.9. The van der Waals surface area contributed by atoms with Crippen molar-refractivity contribution in [2.45, 2.75) is 19.9 Å². The van der Waals surface area contributed by atoms with Crippen LogP contribution < -0.4 is 10.6 Å². The maximum atomic E-state index is 12.2. The highest BCUT2D eigenvalue weighted by Gasteiger charge is 2.16. The molecule has 0 aliphatic carbocycles. The smallest absolute Gasteiger partial charge is 0.255 e. The summed E-state index contributed by atoms with van der Waals surface area (Å²) in [6.45, 7) is 3.75. The van der Waals surface area contributed by atoms with E-state index in [1.807, 2.05) is 26.0 Å². The van der Waals surface area contributed by atoms with E-state index in [-0.39, 0.29) is 11.9 Å². The Bertz CT molecular complexity index is 578. The molecule has 0 fully saturated rings. The number of hydrogen-bond donors (Lipinski definition) is 2. The van der Waals surface area contributed by atoms with Crippen molar-refractivity contribution < 1.29 is 9.21 Å². The summed E-state index contributed by atoms with van der Waals surface area (Å²) in [5.41, 5.74) is 1.26. The van der Waals surface area contributed by atoms with Gasteiger partial charge in [0.2, 0.25) is 0 Å². The minimum Gasteiger partial charge on any atom is -0.464 e. The summed E-state index contributed by atoms with van der Waals surface area (Å²) in [5.74, 6) is 1.38. The molecular formula is C14H17N3O2. The van der Waals surface area contributed by atoms with E-state index < -0.39 is 0 Å². The van der Waals surface area contributed by atoms with Gasteiger partial charge >= 0.3 is 0 Å². The SMILES string of the molecule is CNc1ccncc1C(=O)NC(C)c1ccc(C)o1. The number of pyridine rings is 1. The lowest BCUT2D eigenvalue weighted by atomic mass is 10.2. The van der Waals surface area contributed by atoms with Crippen LogP contribution in [0.4, 0.5) is 5.69 Å². The van der Waals surface area contributed by atoms with Gasteiger partial charge in [-0.15, -0.1) is 0 Å². The van der Waals surface area contributed by atoms with Crippen molar-refractivity contribution in [3.63, 3.8) is 0 Å². The molecule has 100 valence electrons. The molecule has 5 heteroatoms. The largest absolute Gasteiger partial charge is 0.464 e. The average Bonchev–Trinajstić information content (AvgIpc) is 2.85. The summed E-state index contributed by atoms with van der Waals surface area (Å²) in [7, 11) is 1.77. The minimum atomic E-state index is -0.189. The first-order valence-electron chi connectivity index (χ1n) is 6.10. The molecule has 2 aromatic rings. The second-order valence-corrected chi connectivity index (χ2v) is 4.31. The lowest BCUT2D eigenvalue weighted by Gasteiger charge is -2.13. The third-order valence-corrected chi connectivity index (χ3v) is 2.87. The number of rotatable bonds is 4. The van der Waals surface area contributed by atoms with Gasteiger partial charge in [0, 0.05) is 25.1 Å². The van der Waals surface area contributed by atoms with E-state index in [1.165, 1.54) is 0 Å². The Hall–Kier alpha value is -2.30. The van der Waals surface area contributed by atoms with Crippen LogP contribution in [0.15, 0.2) is 35.0 Å². The predicted octanol–water partition coefficient (Wildman–Crippen LogP) is 2.52. The van der Waals surface area contributed by atoms with Gasteiger partial charge in [0.1, 0.15) is 11.5 Å². The summed E-state index contributed by atoms with van der Waals surface area (Å²) in [4.78, 5) is 16.2. The van der Waals surface area contributed by atoms with Crippen LogP contribution in [0.5, 0.6) is 0 Å². The summed E-state index contributed by atoms with van der Waals surface area (Å²) >= 11 is 0. The summed E-state index contributed by atoms with van der Waals surface area (Å²) in [6.07, 6.45) is 3.18. The summed E-state index contributed by atoms with van der Waals surface area (Å²) < 4.78 is 5.49. The van der Waals surface area contributed by atoms with Gasteiger partial charge in [0.25, 0.3) is 5.91 Å². The van der Waals surface area contributed by atoms with E-state index in [2.05, 4.69) is 15.6 Å². The van der Waals surface area contributed by atoms with Crippen molar-refractivity contribution in [1.29, 1.82) is 0 Å². The second-order valence-electron chi connectivity index (χ2n) is 4.31. The van der Waals surface area contributed by atoms with Gasteiger partial charge in [-0.05, 0) is 32.0 Å². The van der Waals surface area contributed by atoms with E-state index in [4.69, 9.17) is 4.42 Å². The Morgan fingerprint density at radius 3 is 2.79 bits per heavy atom. The molecule has 0 bridgehead atoms. The molecule has 0 aromatic carbocycles. The fraction of sp³-hybridized carbons (Fsp3) is 0.286. The zero-order valence-corrected chi connectivity index (χ0v) is 11.2. The van der Waals surface area contributed by atoms with E-state index in [9.17, 15) is 4.79 Å². The van der Waals surface area contributed by atoms with E-state index >= 15 is 0 Å². The van der Waals surface area contributed by atoms with Crippen LogP contribution in [0, 0.1) is 6.92 Å². The monoisotopic (exact) mass is 259 g/mol. The van der Waals surface area contributed by atoms with Crippen LogP contribution in [-0.4, -0.2) is 17.9 Å². The van der Waals surface area contributed by atoms with Crippen LogP contribution in [0.25, 0.3) is 0 Å².